The van der Waals surface area contributed by atoms with E-state index in [4.69, 9.17) is 0 Å². The summed E-state index contributed by atoms with van der Waals surface area (Å²) in [6.45, 7) is 0. The zero-order valence-corrected chi connectivity index (χ0v) is 16.6. The summed E-state index contributed by atoms with van der Waals surface area (Å²) in [4.78, 5) is 37.2. The van der Waals surface area contributed by atoms with E-state index in [-0.39, 0.29) is 28.3 Å². The van der Waals surface area contributed by atoms with Gasteiger partial charge in [0, 0.05) is 29.4 Å². The Kier molecular flexibility index (Phi) is 5.34. The maximum Gasteiger partial charge on any atom is 0.300 e. The number of carbonyl (C=O) groups excluding carboxylic acids is 2. The van der Waals surface area contributed by atoms with Crippen molar-refractivity contribution in [1.29, 1.82) is 0 Å². The number of phenolic OH excluding ortho intramolecular Hbond substituents is 1. The van der Waals surface area contributed by atoms with Crippen molar-refractivity contribution < 1.29 is 33.5 Å². The maximum absolute atomic E-state index is 13.9. The highest BCUT2D eigenvalue weighted by Crippen LogP contribution is 2.43. The number of amides is 1. The first-order valence-corrected chi connectivity index (χ1v) is 9.49. The van der Waals surface area contributed by atoms with E-state index in [1.807, 2.05) is 0 Å². The van der Waals surface area contributed by atoms with E-state index in [1.165, 1.54) is 42.5 Å². The van der Waals surface area contributed by atoms with Gasteiger partial charge in [-0.1, -0.05) is 24.3 Å². The third-order valence-corrected chi connectivity index (χ3v) is 5.14. The number of aliphatic hydroxyl groups is 1. The van der Waals surface area contributed by atoms with Gasteiger partial charge >= 0.3 is 0 Å². The number of nitro benzene ring substituents is 1. The van der Waals surface area contributed by atoms with Gasteiger partial charge in [0.25, 0.3) is 17.4 Å². The first kappa shape index (κ1) is 21.6. The highest BCUT2D eigenvalue weighted by atomic mass is 19.2. The number of aromatic hydroxyl groups is 1. The molecule has 8 nitrogen and oxygen atoms in total. The van der Waals surface area contributed by atoms with E-state index in [0.29, 0.717) is 0 Å². The molecule has 3 aromatic carbocycles. The Labute approximate surface area is 184 Å². The molecule has 10 heteroatoms. The lowest BCUT2D eigenvalue weighted by Gasteiger charge is -2.25. The Hall–Kier alpha value is -4.60. The lowest BCUT2D eigenvalue weighted by Crippen LogP contribution is -2.29. The number of hydrogen-bond donors (Lipinski definition) is 2. The zero-order chi connectivity index (χ0) is 23.9. The molecule has 4 rings (SSSR count). The highest BCUT2D eigenvalue weighted by molar-refractivity contribution is 6.51. The fourth-order valence-corrected chi connectivity index (χ4v) is 3.67. The average molecular weight is 452 g/mol. The third-order valence-electron chi connectivity index (χ3n) is 5.14. The summed E-state index contributed by atoms with van der Waals surface area (Å²) in [6.07, 6.45) is 0. The number of ketones is 1. The molecule has 1 aliphatic heterocycles. The lowest BCUT2D eigenvalue weighted by molar-refractivity contribution is -0.384. The summed E-state index contributed by atoms with van der Waals surface area (Å²) >= 11 is 0. The third kappa shape index (κ3) is 3.78. The number of Topliss-reactive ketones (excluding diaryl/α,β-unsaturated/α-hetero) is 1. The van der Waals surface area contributed by atoms with Crippen LogP contribution in [0.3, 0.4) is 0 Å². The number of nitro groups is 1. The molecular formula is C23H14F2N2O6. The van der Waals surface area contributed by atoms with Crippen molar-refractivity contribution in [2.45, 2.75) is 6.04 Å². The predicted molar refractivity (Wildman–Crippen MR) is 112 cm³/mol. The van der Waals surface area contributed by atoms with Crippen molar-refractivity contribution in [3.05, 3.63) is 105 Å². The maximum atomic E-state index is 13.9. The largest absolute Gasteiger partial charge is 0.508 e. The predicted octanol–water partition coefficient (Wildman–Crippen LogP) is 4.20. The summed E-state index contributed by atoms with van der Waals surface area (Å²) < 4.78 is 27.4. The second-order valence-corrected chi connectivity index (χ2v) is 7.17. The van der Waals surface area contributed by atoms with Crippen molar-refractivity contribution in [3.8, 4) is 5.75 Å². The Balaban J connectivity index is 1.97. The smallest absolute Gasteiger partial charge is 0.300 e. The minimum atomic E-state index is -1.33. The van der Waals surface area contributed by atoms with E-state index in [9.17, 15) is 38.7 Å². The van der Waals surface area contributed by atoms with Crippen molar-refractivity contribution in [3.63, 3.8) is 0 Å². The fraction of sp³-hybridized carbons (Fsp3) is 0.0435. The molecule has 0 saturated carbocycles. The van der Waals surface area contributed by atoms with Crippen molar-refractivity contribution in [2.75, 3.05) is 4.90 Å². The topological polar surface area (TPSA) is 121 Å². The molecule has 1 unspecified atom stereocenters. The number of anilines is 1. The molecule has 1 fully saturated rings. The number of carbonyl (C=O) groups is 2. The Morgan fingerprint density at radius 3 is 2.36 bits per heavy atom. The molecular weight excluding hydrogens is 438 g/mol. The second-order valence-electron chi connectivity index (χ2n) is 7.17. The van der Waals surface area contributed by atoms with Crippen LogP contribution in [0.25, 0.3) is 5.76 Å². The van der Waals surface area contributed by atoms with Crippen LogP contribution in [0.1, 0.15) is 17.2 Å². The van der Waals surface area contributed by atoms with Crippen LogP contribution in [0.4, 0.5) is 20.2 Å². The number of benzene rings is 3. The molecule has 1 amide bonds. The summed E-state index contributed by atoms with van der Waals surface area (Å²) in [5, 5.41) is 32.0. The van der Waals surface area contributed by atoms with E-state index < -0.39 is 45.6 Å². The monoisotopic (exact) mass is 452 g/mol. The quantitative estimate of drug-likeness (QED) is 0.201. The van der Waals surface area contributed by atoms with Gasteiger partial charge in [-0.2, -0.15) is 0 Å². The van der Waals surface area contributed by atoms with Gasteiger partial charge in [-0.3, -0.25) is 24.6 Å². The van der Waals surface area contributed by atoms with E-state index in [2.05, 4.69) is 0 Å². The van der Waals surface area contributed by atoms with Crippen LogP contribution in [-0.2, 0) is 9.59 Å². The minimum Gasteiger partial charge on any atom is -0.508 e. The molecule has 3 aromatic rings. The number of nitrogens with zero attached hydrogens (tertiary/aromatic N) is 2. The Bertz CT molecular complexity index is 1350. The van der Waals surface area contributed by atoms with Gasteiger partial charge in [-0.15, -0.1) is 0 Å². The van der Waals surface area contributed by atoms with Crippen LogP contribution in [0.2, 0.25) is 0 Å². The SMILES string of the molecule is O=C1C(=O)N(c2ccc(F)c(F)c2)C(c2cccc(O)c2)/C1=C(\O)c1cccc([N+](=O)[O-])c1. The molecule has 0 radical (unpaired) electrons. The number of rotatable bonds is 4. The number of aliphatic hydroxyl groups excluding tert-OH is 1. The Morgan fingerprint density at radius 2 is 1.70 bits per heavy atom. The molecule has 1 saturated heterocycles. The number of hydrogen-bond acceptors (Lipinski definition) is 6. The second kappa shape index (κ2) is 8.15. The minimum absolute atomic E-state index is 0.0994. The van der Waals surface area contributed by atoms with Crippen LogP contribution >= 0.6 is 0 Å². The van der Waals surface area contributed by atoms with E-state index in [1.54, 1.807) is 0 Å². The first-order valence-electron chi connectivity index (χ1n) is 9.49. The molecule has 1 atom stereocenters. The van der Waals surface area contributed by atoms with Gasteiger partial charge in [0.2, 0.25) is 0 Å². The van der Waals surface area contributed by atoms with Gasteiger partial charge in [0.1, 0.15) is 11.5 Å². The van der Waals surface area contributed by atoms with Crippen LogP contribution in [0.5, 0.6) is 5.75 Å². The fourth-order valence-electron chi connectivity index (χ4n) is 3.67. The van der Waals surface area contributed by atoms with Crippen molar-refractivity contribution in [2.24, 2.45) is 0 Å². The van der Waals surface area contributed by atoms with Gasteiger partial charge in [0.05, 0.1) is 16.5 Å². The molecule has 1 aliphatic rings. The van der Waals surface area contributed by atoms with Gasteiger partial charge in [-0.25, -0.2) is 8.78 Å². The van der Waals surface area contributed by atoms with Gasteiger partial charge < -0.3 is 10.2 Å². The van der Waals surface area contributed by atoms with Crippen LogP contribution in [0, 0.1) is 21.7 Å². The van der Waals surface area contributed by atoms with Gasteiger partial charge in [0.15, 0.2) is 11.6 Å². The first-order chi connectivity index (χ1) is 15.7. The van der Waals surface area contributed by atoms with Crippen LogP contribution in [-0.4, -0.2) is 26.8 Å². The molecule has 33 heavy (non-hydrogen) atoms. The normalized spacial score (nSPS) is 17.4. The number of halogens is 2. The molecule has 1 heterocycles. The lowest BCUT2D eigenvalue weighted by atomic mass is 9.95. The molecule has 2 N–H and O–H groups in total. The molecule has 0 bridgehead atoms. The standard InChI is InChI=1S/C23H14F2N2O6/c24-17-8-7-14(11-18(17)25)26-20(12-3-2-6-16(28)10-12)19(22(30)23(26)31)21(29)13-4-1-5-15(9-13)27(32)33/h1-11,20,28-29H/b21-19+. The van der Waals surface area contributed by atoms with Crippen molar-refractivity contribution >= 4 is 28.8 Å². The molecule has 0 aromatic heterocycles. The summed E-state index contributed by atoms with van der Waals surface area (Å²) in [6, 6.07) is 11.6. The molecule has 0 spiro atoms. The summed E-state index contributed by atoms with van der Waals surface area (Å²) in [7, 11) is 0. The number of phenols is 1. The Morgan fingerprint density at radius 1 is 0.970 bits per heavy atom. The zero-order valence-electron chi connectivity index (χ0n) is 16.6. The van der Waals surface area contributed by atoms with Crippen LogP contribution < -0.4 is 4.90 Å². The number of non-ortho nitro benzene ring substituents is 1. The van der Waals surface area contributed by atoms with Crippen LogP contribution in [0.15, 0.2) is 72.3 Å². The average Bonchev–Trinajstić information content (AvgIpc) is 3.06. The van der Waals surface area contributed by atoms with E-state index in [0.717, 1.165) is 29.2 Å². The highest BCUT2D eigenvalue weighted by Gasteiger charge is 2.47. The summed E-state index contributed by atoms with van der Waals surface area (Å²) in [5.41, 5.74) is -0.871. The van der Waals surface area contributed by atoms with E-state index >= 15 is 0 Å². The summed E-state index contributed by atoms with van der Waals surface area (Å²) in [5.74, 6) is -5.61. The van der Waals surface area contributed by atoms with Crippen molar-refractivity contribution in [1.82, 2.24) is 0 Å². The van der Waals surface area contributed by atoms with Gasteiger partial charge in [-0.05, 0) is 29.8 Å². The molecule has 0 aliphatic carbocycles. The molecule has 166 valence electrons.